The van der Waals surface area contributed by atoms with Gasteiger partial charge in [0.05, 0.1) is 10.2 Å². The van der Waals surface area contributed by atoms with E-state index < -0.39 is 0 Å². The molecule has 2 aromatic rings. The minimum atomic E-state index is 0.891. The topological polar surface area (TPSA) is 30.2 Å². The molecule has 0 bridgehead atoms. The standard InChI is InChI=1S/C10H12BrN3/c1-3-4-8-5-12-10-9(11)7(2)13-14(10)6-8/h5-6H,3-4H2,1-2H3. The summed E-state index contributed by atoms with van der Waals surface area (Å²) in [6, 6.07) is 0. The van der Waals surface area contributed by atoms with E-state index in [0.717, 1.165) is 28.7 Å². The normalized spacial score (nSPS) is 11.1. The molecule has 0 fully saturated rings. The predicted octanol–water partition coefficient (Wildman–Crippen LogP) is 2.75. The molecular weight excluding hydrogens is 242 g/mol. The highest BCUT2D eigenvalue weighted by Gasteiger charge is 2.07. The summed E-state index contributed by atoms with van der Waals surface area (Å²) >= 11 is 3.47. The highest BCUT2D eigenvalue weighted by Crippen LogP contribution is 2.20. The van der Waals surface area contributed by atoms with Crippen molar-refractivity contribution >= 4 is 21.6 Å². The molecular formula is C10H12BrN3. The lowest BCUT2D eigenvalue weighted by atomic mass is 10.2. The molecule has 14 heavy (non-hydrogen) atoms. The van der Waals surface area contributed by atoms with Crippen molar-refractivity contribution in [1.82, 2.24) is 14.6 Å². The first-order valence-electron chi connectivity index (χ1n) is 4.71. The van der Waals surface area contributed by atoms with Gasteiger partial charge in [0.15, 0.2) is 5.65 Å². The van der Waals surface area contributed by atoms with Crippen LogP contribution in [-0.4, -0.2) is 14.6 Å². The molecule has 0 radical (unpaired) electrons. The quantitative estimate of drug-likeness (QED) is 0.824. The Morgan fingerprint density at radius 3 is 3.00 bits per heavy atom. The van der Waals surface area contributed by atoms with Crippen molar-refractivity contribution in [3.8, 4) is 0 Å². The Bertz CT molecular complexity index is 462. The number of hydrogen-bond acceptors (Lipinski definition) is 2. The fourth-order valence-electron chi connectivity index (χ4n) is 1.47. The molecule has 2 aromatic heterocycles. The molecule has 0 amide bonds. The Balaban J connectivity index is 2.56. The lowest BCUT2D eigenvalue weighted by Crippen LogP contribution is -1.94. The van der Waals surface area contributed by atoms with Crippen LogP contribution in [0.3, 0.4) is 0 Å². The third-order valence-corrected chi connectivity index (χ3v) is 3.10. The largest absolute Gasteiger partial charge is 0.236 e. The fourth-order valence-corrected chi connectivity index (χ4v) is 1.84. The van der Waals surface area contributed by atoms with E-state index in [-0.39, 0.29) is 0 Å². The van der Waals surface area contributed by atoms with Crippen LogP contribution in [0.2, 0.25) is 0 Å². The van der Waals surface area contributed by atoms with Gasteiger partial charge in [-0.05, 0) is 34.8 Å². The monoisotopic (exact) mass is 253 g/mol. The smallest absolute Gasteiger partial charge is 0.169 e. The molecule has 0 aliphatic rings. The van der Waals surface area contributed by atoms with E-state index >= 15 is 0 Å². The Labute approximate surface area is 91.3 Å². The molecule has 0 saturated carbocycles. The van der Waals surface area contributed by atoms with E-state index in [1.807, 2.05) is 23.8 Å². The van der Waals surface area contributed by atoms with E-state index in [1.54, 1.807) is 0 Å². The molecule has 0 aromatic carbocycles. The summed E-state index contributed by atoms with van der Waals surface area (Å²) in [5.74, 6) is 0. The lowest BCUT2D eigenvalue weighted by Gasteiger charge is -1.98. The van der Waals surface area contributed by atoms with Crippen LogP contribution in [0.15, 0.2) is 16.9 Å². The van der Waals surface area contributed by atoms with Crippen LogP contribution in [-0.2, 0) is 6.42 Å². The van der Waals surface area contributed by atoms with E-state index in [1.165, 1.54) is 5.56 Å². The van der Waals surface area contributed by atoms with Gasteiger partial charge in [0, 0.05) is 12.4 Å². The Morgan fingerprint density at radius 2 is 2.29 bits per heavy atom. The zero-order chi connectivity index (χ0) is 10.1. The minimum Gasteiger partial charge on any atom is -0.236 e. The van der Waals surface area contributed by atoms with Crippen LogP contribution in [0, 0.1) is 6.92 Å². The van der Waals surface area contributed by atoms with Crippen LogP contribution in [0.4, 0.5) is 0 Å². The average Bonchev–Trinajstić information content (AvgIpc) is 2.43. The van der Waals surface area contributed by atoms with Crippen LogP contribution < -0.4 is 0 Å². The molecule has 2 rings (SSSR count). The van der Waals surface area contributed by atoms with Crippen molar-refractivity contribution < 1.29 is 0 Å². The Kier molecular flexibility index (Phi) is 2.54. The summed E-state index contributed by atoms with van der Waals surface area (Å²) in [6.07, 6.45) is 6.16. The maximum Gasteiger partial charge on any atom is 0.169 e. The number of nitrogens with zero attached hydrogens (tertiary/aromatic N) is 3. The van der Waals surface area contributed by atoms with Gasteiger partial charge >= 0.3 is 0 Å². The number of fused-ring (bicyclic) bond motifs is 1. The van der Waals surface area contributed by atoms with Crippen molar-refractivity contribution in [1.29, 1.82) is 0 Å². The van der Waals surface area contributed by atoms with E-state index in [2.05, 4.69) is 32.9 Å². The summed E-state index contributed by atoms with van der Waals surface area (Å²) < 4.78 is 2.82. The predicted molar refractivity (Wildman–Crippen MR) is 59.4 cm³/mol. The highest BCUT2D eigenvalue weighted by molar-refractivity contribution is 9.10. The highest BCUT2D eigenvalue weighted by atomic mass is 79.9. The Morgan fingerprint density at radius 1 is 1.50 bits per heavy atom. The Hall–Kier alpha value is -0.900. The maximum atomic E-state index is 4.37. The maximum absolute atomic E-state index is 4.37. The van der Waals surface area contributed by atoms with Gasteiger partial charge in [-0.2, -0.15) is 5.10 Å². The van der Waals surface area contributed by atoms with Gasteiger partial charge in [-0.1, -0.05) is 13.3 Å². The van der Waals surface area contributed by atoms with E-state index in [0.29, 0.717) is 0 Å². The van der Waals surface area contributed by atoms with Gasteiger partial charge in [0.1, 0.15) is 0 Å². The van der Waals surface area contributed by atoms with Crippen LogP contribution in [0.1, 0.15) is 24.6 Å². The van der Waals surface area contributed by atoms with Crippen LogP contribution in [0.5, 0.6) is 0 Å². The van der Waals surface area contributed by atoms with E-state index in [4.69, 9.17) is 0 Å². The molecule has 0 aliphatic carbocycles. The molecule has 4 heteroatoms. The van der Waals surface area contributed by atoms with Crippen LogP contribution >= 0.6 is 15.9 Å². The zero-order valence-corrected chi connectivity index (χ0v) is 9.87. The second-order valence-electron chi connectivity index (χ2n) is 3.38. The minimum absolute atomic E-state index is 0.891. The summed E-state index contributed by atoms with van der Waals surface area (Å²) in [5, 5.41) is 4.36. The third-order valence-electron chi connectivity index (χ3n) is 2.17. The first kappa shape index (κ1) is 9.65. The first-order valence-corrected chi connectivity index (χ1v) is 5.51. The van der Waals surface area contributed by atoms with Gasteiger partial charge in [0.2, 0.25) is 0 Å². The van der Waals surface area contributed by atoms with Crippen molar-refractivity contribution in [3.63, 3.8) is 0 Å². The molecule has 74 valence electrons. The zero-order valence-electron chi connectivity index (χ0n) is 8.29. The summed E-state index contributed by atoms with van der Waals surface area (Å²) in [5.41, 5.74) is 3.10. The summed E-state index contributed by atoms with van der Waals surface area (Å²) in [6.45, 7) is 4.13. The SMILES string of the molecule is CCCc1cnc2c(Br)c(C)nn2c1. The van der Waals surface area contributed by atoms with Gasteiger partial charge in [0.25, 0.3) is 0 Å². The molecule has 3 nitrogen and oxygen atoms in total. The summed E-state index contributed by atoms with van der Waals surface area (Å²) in [4.78, 5) is 4.37. The second kappa shape index (κ2) is 3.69. The van der Waals surface area contributed by atoms with Gasteiger partial charge in [-0.25, -0.2) is 9.50 Å². The van der Waals surface area contributed by atoms with Crippen molar-refractivity contribution in [2.45, 2.75) is 26.7 Å². The second-order valence-corrected chi connectivity index (χ2v) is 4.17. The van der Waals surface area contributed by atoms with Crippen molar-refractivity contribution in [3.05, 3.63) is 28.1 Å². The molecule has 0 aliphatic heterocycles. The fraction of sp³-hybridized carbons (Fsp3) is 0.400. The van der Waals surface area contributed by atoms with Crippen molar-refractivity contribution in [2.24, 2.45) is 0 Å². The van der Waals surface area contributed by atoms with Gasteiger partial charge < -0.3 is 0 Å². The number of aryl methyl sites for hydroxylation is 2. The van der Waals surface area contributed by atoms with Gasteiger partial charge in [-0.15, -0.1) is 0 Å². The van der Waals surface area contributed by atoms with Gasteiger partial charge in [-0.3, -0.25) is 0 Å². The molecule has 2 heterocycles. The molecule has 0 saturated heterocycles. The molecule has 0 atom stereocenters. The lowest BCUT2D eigenvalue weighted by molar-refractivity contribution is 0.857. The number of aromatic nitrogens is 3. The summed E-state index contributed by atoms with van der Waals surface area (Å²) in [7, 11) is 0. The molecule has 0 spiro atoms. The number of halogens is 1. The third kappa shape index (κ3) is 1.54. The average molecular weight is 254 g/mol. The molecule has 0 unspecified atom stereocenters. The van der Waals surface area contributed by atoms with Crippen molar-refractivity contribution in [2.75, 3.05) is 0 Å². The molecule has 0 N–H and O–H groups in total. The first-order chi connectivity index (χ1) is 6.72. The van der Waals surface area contributed by atoms with Crippen LogP contribution in [0.25, 0.3) is 5.65 Å². The van der Waals surface area contributed by atoms with E-state index in [9.17, 15) is 0 Å². The number of hydrogen-bond donors (Lipinski definition) is 0. The number of rotatable bonds is 2.